The number of hydrazine groups is 1. The Morgan fingerprint density at radius 2 is 2.26 bits per heavy atom. The number of nitrogens with one attached hydrogen (secondary N) is 2. The third-order valence-corrected chi connectivity index (χ3v) is 3.43. The molecule has 0 fully saturated rings. The minimum absolute atomic E-state index is 0.129. The van der Waals surface area contributed by atoms with E-state index < -0.39 is 0 Å². The van der Waals surface area contributed by atoms with Crippen molar-refractivity contribution in [3.8, 4) is 0 Å². The lowest BCUT2D eigenvalue weighted by molar-refractivity contribution is 0.0946. The van der Waals surface area contributed by atoms with Crippen molar-refractivity contribution in [2.24, 2.45) is 5.84 Å². The summed E-state index contributed by atoms with van der Waals surface area (Å²) in [5.74, 6) is 5.25. The molecule has 0 aromatic carbocycles. The fourth-order valence-electron chi connectivity index (χ4n) is 1.43. The molecule has 0 aliphatic heterocycles. The van der Waals surface area contributed by atoms with E-state index in [1.165, 1.54) is 11.3 Å². The number of pyridine rings is 1. The van der Waals surface area contributed by atoms with E-state index in [-0.39, 0.29) is 16.6 Å². The molecule has 8 heteroatoms. The van der Waals surface area contributed by atoms with E-state index in [0.29, 0.717) is 12.4 Å². The molecule has 0 aliphatic carbocycles. The monoisotopic (exact) mass is 297 g/mol. The maximum Gasteiger partial charge on any atom is 0.271 e. The van der Waals surface area contributed by atoms with Crippen LogP contribution in [-0.2, 0) is 6.54 Å². The number of thiazole rings is 1. The highest BCUT2D eigenvalue weighted by atomic mass is 35.5. The SMILES string of the molecule is Cc1nc(CNC(=O)c2nc(NN)ccc2Cl)cs1. The quantitative estimate of drug-likeness (QED) is 0.590. The number of hydrogen-bond donors (Lipinski definition) is 3. The van der Waals surface area contributed by atoms with Gasteiger partial charge >= 0.3 is 0 Å². The van der Waals surface area contributed by atoms with Gasteiger partial charge in [-0.1, -0.05) is 11.6 Å². The van der Waals surface area contributed by atoms with Gasteiger partial charge in [-0.15, -0.1) is 11.3 Å². The number of anilines is 1. The largest absolute Gasteiger partial charge is 0.345 e. The van der Waals surface area contributed by atoms with Crippen LogP contribution < -0.4 is 16.6 Å². The fourth-order valence-corrected chi connectivity index (χ4v) is 2.23. The van der Waals surface area contributed by atoms with Gasteiger partial charge in [0, 0.05) is 5.38 Å². The van der Waals surface area contributed by atoms with Crippen LogP contribution in [0.25, 0.3) is 0 Å². The van der Waals surface area contributed by atoms with Crippen LogP contribution in [0.2, 0.25) is 5.02 Å². The van der Waals surface area contributed by atoms with Crippen LogP contribution in [0.5, 0.6) is 0 Å². The van der Waals surface area contributed by atoms with Crippen molar-refractivity contribution in [3.05, 3.63) is 38.9 Å². The maximum atomic E-state index is 12.0. The Morgan fingerprint density at radius 3 is 2.89 bits per heavy atom. The number of nitrogen functional groups attached to an aromatic ring is 1. The molecule has 0 atom stereocenters. The van der Waals surface area contributed by atoms with E-state index in [1.807, 2.05) is 12.3 Å². The van der Waals surface area contributed by atoms with Crippen molar-refractivity contribution in [1.82, 2.24) is 15.3 Å². The van der Waals surface area contributed by atoms with Crippen LogP contribution in [0.4, 0.5) is 5.82 Å². The molecule has 0 bridgehead atoms. The van der Waals surface area contributed by atoms with Crippen LogP contribution in [0.1, 0.15) is 21.2 Å². The lowest BCUT2D eigenvalue weighted by atomic mass is 10.3. The number of rotatable bonds is 4. The number of aryl methyl sites for hydroxylation is 1. The minimum atomic E-state index is -0.368. The smallest absolute Gasteiger partial charge is 0.271 e. The van der Waals surface area contributed by atoms with Gasteiger partial charge in [0.25, 0.3) is 5.91 Å². The van der Waals surface area contributed by atoms with Gasteiger partial charge in [0.2, 0.25) is 0 Å². The Labute approximate surface area is 119 Å². The van der Waals surface area contributed by atoms with Crippen LogP contribution in [0.15, 0.2) is 17.5 Å². The molecule has 4 N–H and O–H groups in total. The third-order valence-electron chi connectivity index (χ3n) is 2.31. The summed E-state index contributed by atoms with van der Waals surface area (Å²) in [6, 6.07) is 3.15. The highest BCUT2D eigenvalue weighted by Crippen LogP contribution is 2.16. The van der Waals surface area contributed by atoms with E-state index in [4.69, 9.17) is 17.4 Å². The zero-order valence-corrected chi connectivity index (χ0v) is 11.7. The van der Waals surface area contributed by atoms with E-state index in [9.17, 15) is 4.79 Å². The Kier molecular flexibility index (Phi) is 4.31. The number of nitrogens with two attached hydrogens (primary N) is 1. The zero-order chi connectivity index (χ0) is 13.8. The Bertz CT molecular complexity index is 601. The van der Waals surface area contributed by atoms with Crippen molar-refractivity contribution in [3.63, 3.8) is 0 Å². The standard InChI is InChI=1S/C11H12ClN5OS/c1-6-15-7(5-19-6)4-14-11(18)10-8(12)2-3-9(16-10)17-13/h2-3,5H,4,13H2,1H3,(H,14,18)(H,16,17). The topological polar surface area (TPSA) is 92.9 Å². The Morgan fingerprint density at radius 1 is 1.47 bits per heavy atom. The average Bonchev–Trinajstić information content (AvgIpc) is 2.82. The molecule has 0 saturated heterocycles. The van der Waals surface area contributed by atoms with Gasteiger partial charge in [-0.2, -0.15) is 0 Å². The molecule has 6 nitrogen and oxygen atoms in total. The summed E-state index contributed by atoms with van der Waals surface area (Å²) in [6.45, 7) is 2.24. The average molecular weight is 298 g/mol. The van der Waals surface area contributed by atoms with Crippen LogP contribution in [-0.4, -0.2) is 15.9 Å². The van der Waals surface area contributed by atoms with Gasteiger partial charge in [-0.25, -0.2) is 15.8 Å². The fraction of sp³-hybridized carbons (Fsp3) is 0.182. The Balaban J connectivity index is 2.07. The first kappa shape index (κ1) is 13.7. The predicted octanol–water partition coefficient (Wildman–Crippen LogP) is 1.72. The molecule has 1 amide bonds. The van der Waals surface area contributed by atoms with Crippen molar-refractivity contribution in [1.29, 1.82) is 0 Å². The second-order valence-corrected chi connectivity index (χ2v) is 5.18. The van der Waals surface area contributed by atoms with Crippen molar-refractivity contribution in [2.75, 3.05) is 5.43 Å². The first-order valence-corrected chi connectivity index (χ1v) is 6.68. The predicted molar refractivity (Wildman–Crippen MR) is 75.1 cm³/mol. The van der Waals surface area contributed by atoms with Gasteiger partial charge in [0.1, 0.15) is 11.5 Å². The number of carbonyl (C=O) groups is 1. The molecule has 100 valence electrons. The second-order valence-electron chi connectivity index (χ2n) is 3.71. The normalized spacial score (nSPS) is 10.3. The van der Waals surface area contributed by atoms with E-state index in [0.717, 1.165) is 10.7 Å². The molecule has 2 rings (SSSR count). The van der Waals surface area contributed by atoms with E-state index in [2.05, 4.69) is 20.7 Å². The summed E-state index contributed by atoms with van der Waals surface area (Å²) in [5.41, 5.74) is 3.30. The molecule has 0 unspecified atom stereocenters. The summed E-state index contributed by atoms with van der Waals surface area (Å²) in [4.78, 5) is 20.2. The first-order chi connectivity index (χ1) is 9.10. The summed E-state index contributed by atoms with van der Waals surface area (Å²) < 4.78 is 0. The van der Waals surface area contributed by atoms with Crippen molar-refractivity contribution >= 4 is 34.7 Å². The van der Waals surface area contributed by atoms with Gasteiger partial charge < -0.3 is 10.7 Å². The molecule has 0 aliphatic rings. The molecule has 0 saturated carbocycles. The number of carbonyl (C=O) groups excluding carboxylic acids is 1. The van der Waals surface area contributed by atoms with Crippen LogP contribution >= 0.6 is 22.9 Å². The number of halogens is 1. The lowest BCUT2D eigenvalue weighted by Gasteiger charge is -2.06. The molecule has 2 heterocycles. The lowest BCUT2D eigenvalue weighted by Crippen LogP contribution is -2.25. The van der Waals surface area contributed by atoms with Crippen LogP contribution in [0.3, 0.4) is 0 Å². The highest BCUT2D eigenvalue weighted by Gasteiger charge is 2.13. The molecule has 2 aromatic rings. The van der Waals surface area contributed by atoms with Gasteiger partial charge in [-0.3, -0.25) is 4.79 Å². The third kappa shape index (κ3) is 3.40. The summed E-state index contributed by atoms with van der Waals surface area (Å²) in [6.07, 6.45) is 0. The number of amides is 1. The Hall–Kier alpha value is -1.70. The van der Waals surface area contributed by atoms with Gasteiger partial charge in [0.15, 0.2) is 0 Å². The summed E-state index contributed by atoms with van der Waals surface area (Å²) in [5, 5.41) is 5.82. The molecule has 19 heavy (non-hydrogen) atoms. The maximum absolute atomic E-state index is 12.0. The van der Waals surface area contributed by atoms with E-state index >= 15 is 0 Å². The second kappa shape index (κ2) is 5.96. The highest BCUT2D eigenvalue weighted by molar-refractivity contribution is 7.09. The molecular weight excluding hydrogens is 286 g/mol. The summed E-state index contributed by atoms with van der Waals surface area (Å²) >= 11 is 7.46. The van der Waals surface area contributed by atoms with Gasteiger partial charge in [-0.05, 0) is 19.1 Å². The van der Waals surface area contributed by atoms with Crippen LogP contribution in [0, 0.1) is 6.92 Å². The minimum Gasteiger partial charge on any atom is -0.345 e. The number of aromatic nitrogens is 2. The molecule has 2 aromatic heterocycles. The molecular formula is C11H12ClN5OS. The number of nitrogens with zero attached hydrogens (tertiary/aromatic N) is 2. The number of hydrogen-bond acceptors (Lipinski definition) is 6. The summed E-state index contributed by atoms with van der Waals surface area (Å²) in [7, 11) is 0. The van der Waals surface area contributed by atoms with Crippen molar-refractivity contribution < 1.29 is 4.79 Å². The zero-order valence-electron chi connectivity index (χ0n) is 10.1. The van der Waals surface area contributed by atoms with Crippen molar-refractivity contribution in [2.45, 2.75) is 13.5 Å². The van der Waals surface area contributed by atoms with E-state index in [1.54, 1.807) is 12.1 Å². The molecule has 0 radical (unpaired) electrons. The van der Waals surface area contributed by atoms with Gasteiger partial charge in [0.05, 0.1) is 22.3 Å². The molecule has 0 spiro atoms. The first-order valence-electron chi connectivity index (χ1n) is 5.42.